The average Bonchev–Trinajstić information content (AvgIpc) is 2.47. The third-order valence-electron chi connectivity index (χ3n) is 3.59. The topological polar surface area (TPSA) is 55.6 Å². The van der Waals surface area contributed by atoms with Crippen molar-refractivity contribution in [2.24, 2.45) is 0 Å². The van der Waals surface area contributed by atoms with Crippen LogP contribution in [0.5, 0.6) is 5.75 Å². The molecule has 2 rings (SSSR count). The van der Waals surface area contributed by atoms with E-state index in [2.05, 4.69) is 36.8 Å². The molecule has 1 saturated heterocycles. The molecule has 7 heteroatoms. The standard InChI is InChI=1S/C15H18Br2N2O3/c16-15(17)11-12-10-13(4-5-14(12)19(20)21)22-9-8-18-6-2-1-3-7-18/h4-5,10-11H,1-3,6-9H2. The fourth-order valence-electron chi connectivity index (χ4n) is 2.50. The molecule has 1 aliphatic rings. The zero-order valence-electron chi connectivity index (χ0n) is 12.1. The van der Waals surface area contributed by atoms with Crippen LogP contribution in [-0.2, 0) is 0 Å². The summed E-state index contributed by atoms with van der Waals surface area (Å²) in [6, 6.07) is 4.82. The molecule has 0 N–H and O–H groups in total. The maximum Gasteiger partial charge on any atom is 0.276 e. The molecule has 120 valence electrons. The maximum absolute atomic E-state index is 11.0. The van der Waals surface area contributed by atoms with Gasteiger partial charge in [-0.15, -0.1) is 0 Å². The van der Waals surface area contributed by atoms with Crippen molar-refractivity contribution in [3.63, 3.8) is 0 Å². The van der Waals surface area contributed by atoms with E-state index in [0.717, 1.165) is 19.6 Å². The van der Waals surface area contributed by atoms with Crippen LogP contribution in [0.4, 0.5) is 5.69 Å². The van der Waals surface area contributed by atoms with Gasteiger partial charge in [0.15, 0.2) is 0 Å². The fraction of sp³-hybridized carbons (Fsp3) is 0.467. The third kappa shape index (κ3) is 5.37. The molecule has 0 aliphatic carbocycles. The number of nitrogens with zero attached hydrogens (tertiary/aromatic N) is 2. The van der Waals surface area contributed by atoms with Crippen LogP contribution in [0.1, 0.15) is 24.8 Å². The summed E-state index contributed by atoms with van der Waals surface area (Å²) in [6.07, 6.45) is 5.48. The average molecular weight is 434 g/mol. The fourth-order valence-corrected chi connectivity index (χ4v) is 2.99. The van der Waals surface area contributed by atoms with Crippen LogP contribution in [-0.4, -0.2) is 36.1 Å². The van der Waals surface area contributed by atoms with Crippen molar-refractivity contribution in [2.45, 2.75) is 19.3 Å². The maximum atomic E-state index is 11.0. The van der Waals surface area contributed by atoms with E-state index >= 15 is 0 Å². The first-order valence-corrected chi connectivity index (χ1v) is 8.81. The van der Waals surface area contributed by atoms with E-state index < -0.39 is 4.92 Å². The van der Waals surface area contributed by atoms with Gasteiger partial charge in [0.25, 0.3) is 5.69 Å². The molecule has 0 bridgehead atoms. The zero-order chi connectivity index (χ0) is 15.9. The highest BCUT2D eigenvalue weighted by molar-refractivity contribution is 9.28. The lowest BCUT2D eigenvalue weighted by Gasteiger charge is -2.26. The van der Waals surface area contributed by atoms with E-state index in [0.29, 0.717) is 21.3 Å². The molecule has 0 atom stereocenters. The number of likely N-dealkylation sites (tertiary alicyclic amines) is 1. The highest BCUT2D eigenvalue weighted by Crippen LogP contribution is 2.29. The van der Waals surface area contributed by atoms with Crippen molar-refractivity contribution >= 4 is 43.6 Å². The largest absolute Gasteiger partial charge is 0.492 e. The summed E-state index contributed by atoms with van der Waals surface area (Å²) in [4.78, 5) is 13.0. The molecular formula is C15H18Br2N2O3. The lowest BCUT2D eigenvalue weighted by Crippen LogP contribution is -2.33. The van der Waals surface area contributed by atoms with Crippen molar-refractivity contribution in [2.75, 3.05) is 26.2 Å². The Labute approximate surface area is 146 Å². The predicted octanol–water partition coefficient (Wildman–Crippen LogP) is 4.55. The van der Waals surface area contributed by atoms with Crippen LogP contribution in [0.3, 0.4) is 0 Å². The molecule has 1 aromatic rings. The van der Waals surface area contributed by atoms with E-state index in [1.807, 2.05) is 0 Å². The second kappa shape index (κ2) is 8.64. The van der Waals surface area contributed by atoms with Crippen LogP contribution in [0.25, 0.3) is 6.08 Å². The molecular weight excluding hydrogens is 416 g/mol. The molecule has 1 aliphatic heterocycles. The van der Waals surface area contributed by atoms with Crippen molar-refractivity contribution in [1.29, 1.82) is 0 Å². The van der Waals surface area contributed by atoms with Crippen molar-refractivity contribution in [3.05, 3.63) is 37.3 Å². The summed E-state index contributed by atoms with van der Waals surface area (Å²) in [5.74, 6) is 0.648. The van der Waals surface area contributed by atoms with Crippen LogP contribution < -0.4 is 4.74 Å². The minimum atomic E-state index is -0.397. The van der Waals surface area contributed by atoms with Gasteiger partial charge in [0.05, 0.1) is 13.9 Å². The Morgan fingerprint density at radius 2 is 2.05 bits per heavy atom. The Balaban J connectivity index is 1.98. The Bertz CT molecular complexity index is 554. The predicted molar refractivity (Wildman–Crippen MR) is 94.7 cm³/mol. The quantitative estimate of drug-likeness (QED) is 0.487. The van der Waals surface area contributed by atoms with E-state index in [1.54, 1.807) is 18.2 Å². The summed E-state index contributed by atoms with van der Waals surface area (Å²) in [5.41, 5.74) is 0.559. The second-order valence-electron chi connectivity index (χ2n) is 5.16. The van der Waals surface area contributed by atoms with Gasteiger partial charge in [-0.3, -0.25) is 15.0 Å². The number of benzene rings is 1. The zero-order valence-corrected chi connectivity index (χ0v) is 15.3. The van der Waals surface area contributed by atoms with Gasteiger partial charge >= 0.3 is 0 Å². The smallest absolute Gasteiger partial charge is 0.276 e. The lowest BCUT2D eigenvalue weighted by atomic mass is 10.1. The van der Waals surface area contributed by atoms with E-state index in [9.17, 15) is 10.1 Å². The van der Waals surface area contributed by atoms with Gasteiger partial charge in [-0.1, -0.05) is 6.42 Å². The first kappa shape index (κ1) is 17.4. The Morgan fingerprint density at radius 3 is 2.68 bits per heavy atom. The lowest BCUT2D eigenvalue weighted by molar-refractivity contribution is -0.385. The van der Waals surface area contributed by atoms with Gasteiger partial charge in [0.2, 0.25) is 0 Å². The number of ether oxygens (including phenoxy) is 1. The van der Waals surface area contributed by atoms with Crippen LogP contribution in [0.2, 0.25) is 0 Å². The number of nitro benzene ring substituents is 1. The van der Waals surface area contributed by atoms with E-state index in [-0.39, 0.29) is 5.69 Å². The molecule has 0 radical (unpaired) electrons. The molecule has 1 aromatic carbocycles. The molecule has 1 fully saturated rings. The summed E-state index contributed by atoms with van der Waals surface area (Å²) < 4.78 is 6.39. The van der Waals surface area contributed by atoms with E-state index in [4.69, 9.17) is 4.74 Å². The molecule has 0 saturated carbocycles. The molecule has 0 aromatic heterocycles. The van der Waals surface area contributed by atoms with Crippen molar-refractivity contribution in [1.82, 2.24) is 4.90 Å². The summed E-state index contributed by atoms with van der Waals surface area (Å²) in [5, 5.41) is 11.0. The highest BCUT2D eigenvalue weighted by Gasteiger charge is 2.14. The number of halogens is 2. The van der Waals surface area contributed by atoms with Gasteiger partial charge in [0, 0.05) is 12.6 Å². The monoisotopic (exact) mass is 432 g/mol. The third-order valence-corrected chi connectivity index (χ3v) is 4.04. The number of rotatable bonds is 6. The van der Waals surface area contributed by atoms with Gasteiger partial charge in [0.1, 0.15) is 12.4 Å². The normalized spacial score (nSPS) is 15.4. The van der Waals surface area contributed by atoms with Gasteiger partial charge in [-0.25, -0.2) is 0 Å². The number of hydrogen-bond donors (Lipinski definition) is 0. The molecule has 22 heavy (non-hydrogen) atoms. The Hall–Kier alpha value is -0.920. The molecule has 0 unspecified atom stereocenters. The minimum absolute atomic E-state index is 0.0554. The summed E-state index contributed by atoms with van der Waals surface area (Å²) in [7, 11) is 0. The number of piperidine rings is 1. The molecule has 0 spiro atoms. The van der Waals surface area contributed by atoms with E-state index in [1.165, 1.54) is 25.3 Å². The first-order valence-electron chi connectivity index (χ1n) is 7.22. The van der Waals surface area contributed by atoms with Crippen LogP contribution in [0.15, 0.2) is 21.6 Å². The SMILES string of the molecule is O=[N+]([O-])c1ccc(OCCN2CCCCC2)cc1C=C(Br)Br. The summed E-state index contributed by atoms with van der Waals surface area (Å²) >= 11 is 6.46. The number of nitro groups is 1. The Kier molecular flexibility index (Phi) is 6.85. The van der Waals surface area contributed by atoms with Crippen molar-refractivity contribution in [3.8, 4) is 5.75 Å². The van der Waals surface area contributed by atoms with Gasteiger partial charge in [-0.2, -0.15) is 0 Å². The number of hydrogen-bond acceptors (Lipinski definition) is 4. The minimum Gasteiger partial charge on any atom is -0.492 e. The van der Waals surface area contributed by atoms with Gasteiger partial charge in [-0.05, 0) is 76.0 Å². The highest BCUT2D eigenvalue weighted by atomic mass is 79.9. The molecule has 0 amide bonds. The van der Waals surface area contributed by atoms with Crippen LogP contribution >= 0.6 is 31.9 Å². The van der Waals surface area contributed by atoms with Crippen LogP contribution in [0, 0.1) is 10.1 Å². The van der Waals surface area contributed by atoms with Crippen molar-refractivity contribution < 1.29 is 9.66 Å². The second-order valence-corrected chi connectivity index (χ2v) is 7.94. The molecule has 1 heterocycles. The Morgan fingerprint density at radius 1 is 1.32 bits per heavy atom. The van der Waals surface area contributed by atoms with Gasteiger partial charge < -0.3 is 4.74 Å². The molecule has 5 nitrogen and oxygen atoms in total. The summed E-state index contributed by atoms with van der Waals surface area (Å²) in [6.45, 7) is 3.75. The first-order chi connectivity index (χ1) is 10.6.